The number of sulfonamides is 1. The second-order valence-electron chi connectivity index (χ2n) is 6.93. The van der Waals surface area contributed by atoms with Gasteiger partial charge in [-0.1, -0.05) is 11.2 Å². The van der Waals surface area contributed by atoms with Crippen LogP contribution in [0.4, 0.5) is 0 Å². The summed E-state index contributed by atoms with van der Waals surface area (Å²) in [4.78, 5) is 13.9. The molecule has 0 radical (unpaired) electrons. The number of benzene rings is 1. The molecular weight excluding hydrogens is 382 g/mol. The summed E-state index contributed by atoms with van der Waals surface area (Å²) < 4.78 is 38.0. The first-order valence-electron chi connectivity index (χ1n) is 8.92. The van der Waals surface area contributed by atoms with Gasteiger partial charge < -0.3 is 14.2 Å². The number of nitrogens with zero attached hydrogens (tertiary/aromatic N) is 2. The van der Waals surface area contributed by atoms with E-state index in [0.29, 0.717) is 13.2 Å². The predicted molar refractivity (Wildman–Crippen MR) is 105 cm³/mol. The van der Waals surface area contributed by atoms with Gasteiger partial charge in [0.15, 0.2) is 5.76 Å². The summed E-state index contributed by atoms with van der Waals surface area (Å²) in [6.45, 7) is 9.15. The van der Waals surface area contributed by atoms with Crippen LogP contribution in [0.5, 0.6) is 5.75 Å². The van der Waals surface area contributed by atoms with Crippen LogP contribution in [-0.2, 0) is 14.8 Å². The van der Waals surface area contributed by atoms with Crippen LogP contribution in [0.15, 0.2) is 27.6 Å². The number of rotatable bonds is 8. The van der Waals surface area contributed by atoms with Gasteiger partial charge in [0, 0.05) is 7.05 Å². The molecular formula is C19H27N3O5S. The topological polar surface area (TPSA) is 102 Å². The molecule has 2 rings (SSSR count). The highest BCUT2D eigenvalue weighted by Gasteiger charge is 2.29. The van der Waals surface area contributed by atoms with Gasteiger partial charge in [-0.25, -0.2) is 8.42 Å². The zero-order valence-corrected chi connectivity index (χ0v) is 17.9. The number of hydrogen-bond donors (Lipinski definition) is 1. The van der Waals surface area contributed by atoms with Gasteiger partial charge in [0.2, 0.25) is 15.9 Å². The van der Waals surface area contributed by atoms with E-state index in [1.54, 1.807) is 7.05 Å². The lowest BCUT2D eigenvalue weighted by Gasteiger charge is -2.22. The third-order valence-corrected chi connectivity index (χ3v) is 5.99. The Kier molecular flexibility index (Phi) is 6.84. The minimum atomic E-state index is -3.91. The highest BCUT2D eigenvalue weighted by atomic mass is 32.2. The molecule has 0 spiro atoms. The quantitative estimate of drug-likeness (QED) is 0.716. The minimum Gasteiger partial charge on any atom is -0.492 e. The molecule has 1 aromatic carbocycles. The van der Waals surface area contributed by atoms with Crippen molar-refractivity contribution in [2.45, 2.75) is 45.6 Å². The van der Waals surface area contributed by atoms with E-state index < -0.39 is 16.1 Å². The fourth-order valence-electron chi connectivity index (χ4n) is 2.96. The van der Waals surface area contributed by atoms with Crippen LogP contribution in [0.2, 0.25) is 0 Å². The van der Waals surface area contributed by atoms with Crippen LogP contribution in [-0.4, -0.2) is 50.6 Å². The average Bonchev–Trinajstić information content (AvgIpc) is 2.92. The maximum Gasteiger partial charge on any atom is 0.246 e. The van der Waals surface area contributed by atoms with Gasteiger partial charge in [-0.05, 0) is 57.9 Å². The first kappa shape index (κ1) is 21.9. The minimum absolute atomic E-state index is 0.0343. The predicted octanol–water partition coefficient (Wildman–Crippen LogP) is 2.11. The van der Waals surface area contributed by atoms with Crippen LogP contribution in [0.1, 0.15) is 29.5 Å². The zero-order valence-electron chi connectivity index (χ0n) is 17.1. The van der Waals surface area contributed by atoms with Crippen LogP contribution in [0.3, 0.4) is 0 Å². The highest BCUT2D eigenvalue weighted by Crippen LogP contribution is 2.19. The molecule has 1 aromatic heterocycles. The molecule has 8 nitrogen and oxygen atoms in total. The van der Waals surface area contributed by atoms with Crippen LogP contribution < -0.4 is 9.46 Å². The molecule has 0 aliphatic carbocycles. The van der Waals surface area contributed by atoms with Gasteiger partial charge in [0.1, 0.15) is 22.9 Å². The van der Waals surface area contributed by atoms with Crippen molar-refractivity contribution in [3.63, 3.8) is 0 Å². The van der Waals surface area contributed by atoms with Gasteiger partial charge >= 0.3 is 0 Å². The number of ether oxygens (including phenoxy) is 1. The van der Waals surface area contributed by atoms with E-state index in [9.17, 15) is 13.2 Å². The standard InChI is InChI=1S/C19H27N3O5S/c1-12-9-13(2)11-17(10-12)26-8-7-22(6)19(23)15(4)21-28(24,25)18-14(3)20-27-16(18)5/h9-11,15,21H,7-8H2,1-6H3/t15-/m0/s1. The normalized spacial score (nSPS) is 12.6. The number of aryl methyl sites for hydroxylation is 4. The van der Waals surface area contributed by atoms with E-state index in [1.165, 1.54) is 25.7 Å². The van der Waals surface area contributed by atoms with E-state index in [4.69, 9.17) is 9.26 Å². The maximum atomic E-state index is 12.5. The summed E-state index contributed by atoms with van der Waals surface area (Å²) in [6.07, 6.45) is 0. The molecule has 0 fully saturated rings. The number of likely N-dealkylation sites (N-methyl/N-ethyl adjacent to an activating group) is 1. The fraction of sp³-hybridized carbons (Fsp3) is 0.474. The molecule has 0 aliphatic rings. The molecule has 0 saturated carbocycles. The number of amides is 1. The summed E-state index contributed by atoms with van der Waals surface area (Å²) in [5.74, 6) is 0.560. The first-order chi connectivity index (χ1) is 13.0. The van der Waals surface area contributed by atoms with Crippen molar-refractivity contribution in [3.05, 3.63) is 40.8 Å². The molecule has 0 bridgehead atoms. The van der Waals surface area contributed by atoms with Crippen LogP contribution in [0.25, 0.3) is 0 Å². The van der Waals surface area contributed by atoms with Gasteiger partial charge in [-0.3, -0.25) is 4.79 Å². The monoisotopic (exact) mass is 409 g/mol. The van der Waals surface area contributed by atoms with E-state index in [1.807, 2.05) is 26.0 Å². The molecule has 0 unspecified atom stereocenters. The van der Waals surface area contributed by atoms with Crippen molar-refractivity contribution >= 4 is 15.9 Å². The number of hydrogen-bond acceptors (Lipinski definition) is 6. The van der Waals surface area contributed by atoms with Crippen molar-refractivity contribution in [3.8, 4) is 5.75 Å². The molecule has 28 heavy (non-hydrogen) atoms. The Hall–Kier alpha value is -2.39. The Morgan fingerprint density at radius 2 is 1.82 bits per heavy atom. The molecule has 0 aliphatic heterocycles. The van der Waals surface area contributed by atoms with E-state index >= 15 is 0 Å². The summed E-state index contributed by atoms with van der Waals surface area (Å²) in [7, 11) is -2.31. The molecule has 1 atom stereocenters. The lowest BCUT2D eigenvalue weighted by molar-refractivity contribution is -0.131. The molecule has 1 N–H and O–H groups in total. The van der Waals surface area contributed by atoms with E-state index in [0.717, 1.165) is 16.9 Å². The number of carbonyl (C=O) groups excluding carboxylic acids is 1. The summed E-state index contributed by atoms with van der Waals surface area (Å²) in [5, 5.41) is 3.65. The summed E-state index contributed by atoms with van der Waals surface area (Å²) in [5.41, 5.74) is 2.45. The maximum absolute atomic E-state index is 12.5. The van der Waals surface area contributed by atoms with Gasteiger partial charge in [-0.2, -0.15) is 4.72 Å². The lowest BCUT2D eigenvalue weighted by atomic mass is 10.1. The second kappa shape index (κ2) is 8.74. The highest BCUT2D eigenvalue weighted by molar-refractivity contribution is 7.89. The molecule has 1 amide bonds. The second-order valence-corrected chi connectivity index (χ2v) is 8.58. The third kappa shape index (κ3) is 5.32. The van der Waals surface area contributed by atoms with Gasteiger partial charge in [0.25, 0.3) is 0 Å². The number of carbonyl (C=O) groups is 1. The zero-order chi connectivity index (χ0) is 21.1. The summed E-state index contributed by atoms with van der Waals surface area (Å²) >= 11 is 0. The van der Waals surface area contributed by atoms with Crippen molar-refractivity contribution < 1.29 is 22.5 Å². The van der Waals surface area contributed by atoms with Crippen LogP contribution >= 0.6 is 0 Å². The van der Waals surface area contributed by atoms with Crippen molar-refractivity contribution in [2.24, 2.45) is 0 Å². The van der Waals surface area contributed by atoms with Gasteiger partial charge in [-0.15, -0.1) is 0 Å². The Balaban J connectivity index is 1.93. The molecule has 9 heteroatoms. The largest absolute Gasteiger partial charge is 0.492 e. The van der Waals surface area contributed by atoms with Gasteiger partial charge in [0.05, 0.1) is 12.6 Å². The summed E-state index contributed by atoms with van der Waals surface area (Å²) in [6, 6.07) is 4.96. The van der Waals surface area contributed by atoms with Crippen LogP contribution in [0, 0.1) is 27.7 Å². The Labute approximate surface area is 165 Å². The Morgan fingerprint density at radius 3 is 2.36 bits per heavy atom. The van der Waals surface area contributed by atoms with Crippen molar-refractivity contribution in [1.82, 2.24) is 14.8 Å². The Morgan fingerprint density at radius 1 is 1.21 bits per heavy atom. The average molecular weight is 410 g/mol. The SMILES string of the molecule is Cc1cc(C)cc(OCCN(C)C(=O)[C@H](C)NS(=O)(=O)c2c(C)noc2C)c1. The lowest BCUT2D eigenvalue weighted by Crippen LogP contribution is -2.46. The Bertz CT molecular complexity index is 913. The fourth-order valence-corrected chi connectivity index (χ4v) is 4.48. The molecule has 154 valence electrons. The van der Waals surface area contributed by atoms with E-state index in [2.05, 4.69) is 15.9 Å². The van der Waals surface area contributed by atoms with E-state index in [-0.39, 0.29) is 22.3 Å². The molecule has 0 saturated heterocycles. The number of aromatic nitrogens is 1. The molecule has 2 aromatic rings. The molecule has 1 heterocycles. The third-order valence-electron chi connectivity index (χ3n) is 4.21. The number of nitrogens with one attached hydrogen (secondary N) is 1. The van der Waals surface area contributed by atoms with Crippen molar-refractivity contribution in [1.29, 1.82) is 0 Å². The smallest absolute Gasteiger partial charge is 0.246 e. The first-order valence-corrected chi connectivity index (χ1v) is 10.4. The van der Waals surface area contributed by atoms with Crippen molar-refractivity contribution in [2.75, 3.05) is 20.2 Å².